The van der Waals surface area contributed by atoms with E-state index >= 15 is 0 Å². The maximum atomic E-state index is 12.2. The van der Waals surface area contributed by atoms with Crippen molar-refractivity contribution in [3.05, 3.63) is 64.0 Å². The van der Waals surface area contributed by atoms with Crippen LogP contribution in [0.5, 0.6) is 0 Å². The summed E-state index contributed by atoms with van der Waals surface area (Å²) in [7, 11) is 0. The van der Waals surface area contributed by atoms with E-state index in [0.29, 0.717) is 28.7 Å². The van der Waals surface area contributed by atoms with E-state index in [4.69, 9.17) is 23.2 Å². The van der Waals surface area contributed by atoms with E-state index in [1.165, 1.54) is 0 Å². The Labute approximate surface area is 149 Å². The third kappa shape index (κ3) is 3.68. The van der Waals surface area contributed by atoms with Crippen LogP contribution in [0.4, 0.5) is 0 Å². The van der Waals surface area contributed by atoms with Crippen molar-refractivity contribution in [2.45, 2.75) is 25.8 Å². The normalized spacial score (nSPS) is 12.3. The fourth-order valence-electron chi connectivity index (χ4n) is 2.51. The minimum Gasteiger partial charge on any atom is -0.346 e. The van der Waals surface area contributed by atoms with E-state index in [1.807, 2.05) is 41.8 Å². The molecule has 2 aromatic heterocycles. The number of halogens is 2. The van der Waals surface area contributed by atoms with Crippen LogP contribution < -0.4 is 5.32 Å². The van der Waals surface area contributed by atoms with Gasteiger partial charge in [0, 0.05) is 22.7 Å². The number of hydrogen-bond donors (Lipinski definition) is 1. The van der Waals surface area contributed by atoms with Crippen LogP contribution in [0.1, 0.15) is 30.8 Å². The predicted octanol–water partition coefficient (Wildman–Crippen LogP) is 3.85. The van der Waals surface area contributed by atoms with Gasteiger partial charge in [0.1, 0.15) is 0 Å². The van der Waals surface area contributed by atoms with Crippen LogP contribution in [0.2, 0.25) is 10.0 Å². The highest BCUT2D eigenvalue weighted by atomic mass is 35.5. The molecule has 3 aromatic rings. The lowest BCUT2D eigenvalue weighted by Crippen LogP contribution is -2.28. The zero-order valence-electron chi connectivity index (χ0n) is 13.0. The number of benzene rings is 1. The Morgan fingerprint density at radius 2 is 2.08 bits per heavy atom. The largest absolute Gasteiger partial charge is 0.346 e. The first-order chi connectivity index (χ1) is 11.5. The fraction of sp³-hybridized carbons (Fsp3) is 0.235. The molecule has 2 heterocycles. The molecule has 1 unspecified atom stereocenters. The number of carbonyl (C=O) groups excluding carboxylic acids is 1. The number of aromatic nitrogens is 3. The van der Waals surface area contributed by atoms with Crippen LogP contribution in [0.25, 0.3) is 5.65 Å². The number of nitrogens with zero attached hydrogens (tertiary/aromatic N) is 3. The molecule has 1 amide bonds. The molecule has 3 rings (SSSR count). The summed E-state index contributed by atoms with van der Waals surface area (Å²) < 4.78 is 1.86. The van der Waals surface area contributed by atoms with Gasteiger partial charge in [-0.05, 0) is 43.2 Å². The molecule has 0 radical (unpaired) electrons. The quantitative estimate of drug-likeness (QED) is 0.749. The average Bonchev–Trinajstić information content (AvgIpc) is 2.98. The topological polar surface area (TPSA) is 59.3 Å². The molecule has 0 fully saturated rings. The van der Waals surface area contributed by atoms with E-state index in [-0.39, 0.29) is 11.9 Å². The Kier molecular flexibility index (Phi) is 5.02. The Morgan fingerprint density at radius 1 is 1.25 bits per heavy atom. The van der Waals surface area contributed by atoms with Gasteiger partial charge in [0.2, 0.25) is 5.91 Å². The summed E-state index contributed by atoms with van der Waals surface area (Å²) in [6.07, 6.45) is 2.76. The van der Waals surface area contributed by atoms with Crippen LogP contribution in [0, 0.1) is 0 Å². The van der Waals surface area contributed by atoms with Gasteiger partial charge in [0.15, 0.2) is 11.5 Å². The first kappa shape index (κ1) is 16.7. The van der Waals surface area contributed by atoms with Crippen molar-refractivity contribution >= 4 is 34.8 Å². The van der Waals surface area contributed by atoms with Gasteiger partial charge in [-0.2, -0.15) is 0 Å². The maximum Gasteiger partial charge on any atom is 0.220 e. The number of rotatable bonds is 5. The standard InChI is InChI=1S/C17H16Cl2N4O/c1-11(17-22-21-15-4-2-3-9-23(15)17)20-16(24)8-6-12-5-7-13(18)10-14(12)19/h2-5,7,9-11H,6,8H2,1H3,(H,20,24). The molecular formula is C17H16Cl2N4O. The Hall–Kier alpha value is -2.11. The molecule has 0 bridgehead atoms. The number of fused-ring (bicyclic) bond motifs is 1. The van der Waals surface area contributed by atoms with Gasteiger partial charge in [0.25, 0.3) is 0 Å². The minimum atomic E-state index is -0.240. The second kappa shape index (κ2) is 7.20. The lowest BCUT2D eigenvalue weighted by molar-refractivity contribution is -0.121. The average molecular weight is 363 g/mol. The Bertz CT molecular complexity index is 878. The van der Waals surface area contributed by atoms with Gasteiger partial charge in [-0.1, -0.05) is 35.3 Å². The summed E-state index contributed by atoms with van der Waals surface area (Å²) in [5, 5.41) is 12.3. The van der Waals surface area contributed by atoms with Gasteiger partial charge in [-0.3, -0.25) is 9.20 Å². The van der Waals surface area contributed by atoms with Crippen LogP contribution in [-0.2, 0) is 11.2 Å². The van der Waals surface area contributed by atoms with Gasteiger partial charge in [0.05, 0.1) is 6.04 Å². The summed E-state index contributed by atoms with van der Waals surface area (Å²) in [5.74, 6) is 0.629. The van der Waals surface area contributed by atoms with Gasteiger partial charge in [-0.15, -0.1) is 10.2 Å². The summed E-state index contributed by atoms with van der Waals surface area (Å²) in [5.41, 5.74) is 1.65. The molecular weight excluding hydrogens is 347 g/mol. The molecule has 1 aromatic carbocycles. The van der Waals surface area contributed by atoms with Crippen molar-refractivity contribution < 1.29 is 4.79 Å². The first-order valence-electron chi connectivity index (χ1n) is 7.57. The van der Waals surface area contributed by atoms with E-state index in [1.54, 1.807) is 12.1 Å². The lowest BCUT2D eigenvalue weighted by Gasteiger charge is -2.12. The van der Waals surface area contributed by atoms with E-state index in [9.17, 15) is 4.79 Å². The monoisotopic (exact) mass is 362 g/mol. The molecule has 0 saturated carbocycles. The number of amides is 1. The Balaban J connectivity index is 1.62. The minimum absolute atomic E-state index is 0.0683. The molecule has 7 heteroatoms. The van der Waals surface area contributed by atoms with E-state index < -0.39 is 0 Å². The van der Waals surface area contributed by atoms with Crippen LogP contribution in [-0.4, -0.2) is 20.5 Å². The van der Waals surface area contributed by atoms with E-state index in [2.05, 4.69) is 15.5 Å². The highest BCUT2D eigenvalue weighted by Gasteiger charge is 2.15. The number of hydrogen-bond acceptors (Lipinski definition) is 3. The molecule has 1 atom stereocenters. The van der Waals surface area contributed by atoms with Crippen LogP contribution in [0.3, 0.4) is 0 Å². The summed E-state index contributed by atoms with van der Waals surface area (Å²) in [4.78, 5) is 12.2. The summed E-state index contributed by atoms with van der Waals surface area (Å²) in [6, 6.07) is 10.7. The molecule has 1 N–H and O–H groups in total. The third-order valence-corrected chi connectivity index (χ3v) is 4.33. The molecule has 24 heavy (non-hydrogen) atoms. The number of nitrogens with one attached hydrogen (secondary N) is 1. The van der Waals surface area contributed by atoms with E-state index in [0.717, 1.165) is 11.2 Å². The zero-order valence-corrected chi connectivity index (χ0v) is 14.6. The molecule has 124 valence electrons. The van der Waals surface area contributed by atoms with Crippen LogP contribution in [0.15, 0.2) is 42.6 Å². The van der Waals surface area contributed by atoms with Crippen molar-refractivity contribution in [3.8, 4) is 0 Å². The number of carbonyl (C=O) groups is 1. The number of pyridine rings is 1. The second-order valence-electron chi connectivity index (χ2n) is 5.51. The second-order valence-corrected chi connectivity index (χ2v) is 6.36. The molecule has 0 aliphatic carbocycles. The van der Waals surface area contributed by atoms with Crippen molar-refractivity contribution in [1.29, 1.82) is 0 Å². The first-order valence-corrected chi connectivity index (χ1v) is 8.33. The predicted molar refractivity (Wildman–Crippen MR) is 94.3 cm³/mol. The number of aryl methyl sites for hydroxylation is 1. The molecule has 0 aliphatic heterocycles. The van der Waals surface area contributed by atoms with Crippen molar-refractivity contribution in [2.24, 2.45) is 0 Å². The van der Waals surface area contributed by atoms with Gasteiger partial charge < -0.3 is 5.32 Å². The van der Waals surface area contributed by atoms with Crippen molar-refractivity contribution in [3.63, 3.8) is 0 Å². The Morgan fingerprint density at radius 3 is 2.88 bits per heavy atom. The summed E-state index contributed by atoms with van der Waals surface area (Å²) >= 11 is 12.0. The zero-order chi connectivity index (χ0) is 17.1. The summed E-state index contributed by atoms with van der Waals surface area (Å²) in [6.45, 7) is 1.89. The fourth-order valence-corrected chi connectivity index (χ4v) is 3.01. The highest BCUT2D eigenvalue weighted by molar-refractivity contribution is 6.35. The third-order valence-electron chi connectivity index (χ3n) is 3.74. The molecule has 0 saturated heterocycles. The van der Waals surface area contributed by atoms with Crippen molar-refractivity contribution in [2.75, 3.05) is 0 Å². The molecule has 5 nitrogen and oxygen atoms in total. The maximum absolute atomic E-state index is 12.2. The smallest absolute Gasteiger partial charge is 0.220 e. The van der Waals surface area contributed by atoms with Crippen LogP contribution >= 0.6 is 23.2 Å². The lowest BCUT2D eigenvalue weighted by atomic mass is 10.1. The van der Waals surface area contributed by atoms with Crippen molar-refractivity contribution in [1.82, 2.24) is 19.9 Å². The van der Waals surface area contributed by atoms with Gasteiger partial charge in [-0.25, -0.2) is 0 Å². The molecule has 0 spiro atoms. The SMILES string of the molecule is CC(NC(=O)CCc1ccc(Cl)cc1Cl)c1nnc2ccccn12. The highest BCUT2D eigenvalue weighted by Crippen LogP contribution is 2.22. The molecule has 0 aliphatic rings. The van der Waals surface area contributed by atoms with Gasteiger partial charge >= 0.3 is 0 Å².